The molecule has 5 rings (SSSR count). The van der Waals surface area contributed by atoms with E-state index in [4.69, 9.17) is 9.47 Å². The molecule has 3 heterocycles. The van der Waals surface area contributed by atoms with Crippen molar-refractivity contribution >= 4 is 28.3 Å². The van der Waals surface area contributed by atoms with E-state index in [1.165, 1.54) is 0 Å². The zero-order chi connectivity index (χ0) is 28.3. The van der Waals surface area contributed by atoms with Gasteiger partial charge in [0.1, 0.15) is 12.1 Å². The highest BCUT2D eigenvalue weighted by Gasteiger charge is 2.26. The number of likely N-dealkylation sites (tertiary alicyclic amines) is 1. The van der Waals surface area contributed by atoms with Crippen molar-refractivity contribution in [1.29, 1.82) is 0 Å². The maximum absolute atomic E-state index is 13.0. The van der Waals surface area contributed by atoms with Crippen LogP contribution in [0.3, 0.4) is 0 Å². The Morgan fingerprint density at radius 1 is 0.976 bits per heavy atom. The van der Waals surface area contributed by atoms with Gasteiger partial charge < -0.3 is 35.2 Å². The SMILES string of the molecule is CNCCCNCCCOc1ccc2c(C3CCN(C(=O)Nc4ccc(N5CCOCC5)cc4)CC3)ncnc2c1. The van der Waals surface area contributed by atoms with Crippen LogP contribution >= 0.6 is 0 Å². The van der Waals surface area contributed by atoms with Crippen molar-refractivity contribution in [3.8, 4) is 5.75 Å². The van der Waals surface area contributed by atoms with Crippen LogP contribution in [0, 0.1) is 0 Å². The molecule has 0 spiro atoms. The molecule has 2 amide bonds. The third kappa shape index (κ3) is 8.06. The molecule has 2 saturated heterocycles. The molecule has 0 atom stereocenters. The summed E-state index contributed by atoms with van der Waals surface area (Å²) < 4.78 is 11.4. The van der Waals surface area contributed by atoms with Crippen molar-refractivity contribution in [1.82, 2.24) is 25.5 Å². The maximum atomic E-state index is 13.0. The van der Waals surface area contributed by atoms with Crippen LogP contribution in [-0.4, -0.2) is 93.6 Å². The highest BCUT2D eigenvalue weighted by Crippen LogP contribution is 2.32. The highest BCUT2D eigenvalue weighted by molar-refractivity contribution is 5.89. The van der Waals surface area contributed by atoms with Gasteiger partial charge in [-0.25, -0.2) is 14.8 Å². The van der Waals surface area contributed by atoms with Crippen LogP contribution in [0.1, 0.15) is 37.3 Å². The van der Waals surface area contributed by atoms with Crippen LogP contribution < -0.4 is 25.6 Å². The average Bonchev–Trinajstić information content (AvgIpc) is 3.03. The van der Waals surface area contributed by atoms with Crippen molar-refractivity contribution in [2.24, 2.45) is 0 Å². The van der Waals surface area contributed by atoms with E-state index in [1.54, 1.807) is 6.33 Å². The second-order valence-electron chi connectivity index (χ2n) is 10.7. The fraction of sp³-hybridized carbons (Fsp3) is 0.516. The fourth-order valence-electron chi connectivity index (χ4n) is 5.51. The molecule has 2 fully saturated rings. The van der Waals surface area contributed by atoms with Crippen LogP contribution in [0.25, 0.3) is 10.9 Å². The average molecular weight is 562 g/mol. The van der Waals surface area contributed by atoms with Gasteiger partial charge in [-0.3, -0.25) is 0 Å². The molecule has 220 valence electrons. The summed E-state index contributed by atoms with van der Waals surface area (Å²) in [6, 6.07) is 14.1. The minimum absolute atomic E-state index is 0.0509. The number of ether oxygens (including phenoxy) is 2. The molecule has 0 bridgehead atoms. The Balaban J connectivity index is 1.09. The molecule has 2 aliphatic heterocycles. The molecule has 0 unspecified atom stereocenters. The molecular formula is C31H43N7O3. The van der Waals surface area contributed by atoms with Crippen LogP contribution in [0.15, 0.2) is 48.8 Å². The Hall–Kier alpha value is -3.47. The number of piperidine rings is 1. The summed E-state index contributed by atoms with van der Waals surface area (Å²) in [5.41, 5.74) is 3.94. The van der Waals surface area contributed by atoms with Gasteiger partial charge in [-0.2, -0.15) is 0 Å². The van der Waals surface area contributed by atoms with Crippen molar-refractivity contribution in [2.45, 2.75) is 31.6 Å². The maximum Gasteiger partial charge on any atom is 0.321 e. The molecule has 2 aliphatic rings. The van der Waals surface area contributed by atoms with E-state index < -0.39 is 0 Å². The van der Waals surface area contributed by atoms with Gasteiger partial charge in [-0.1, -0.05) is 0 Å². The van der Waals surface area contributed by atoms with Gasteiger partial charge in [-0.15, -0.1) is 0 Å². The number of hydrogen-bond acceptors (Lipinski definition) is 8. The van der Waals surface area contributed by atoms with E-state index in [-0.39, 0.29) is 11.9 Å². The summed E-state index contributed by atoms with van der Waals surface area (Å²) in [5.74, 6) is 1.12. The number of urea groups is 1. The number of nitrogens with zero attached hydrogens (tertiary/aromatic N) is 4. The monoisotopic (exact) mass is 561 g/mol. The minimum Gasteiger partial charge on any atom is -0.493 e. The predicted molar refractivity (Wildman–Crippen MR) is 163 cm³/mol. The first-order valence-electron chi connectivity index (χ1n) is 14.9. The molecule has 0 aliphatic carbocycles. The molecule has 10 heteroatoms. The first-order chi connectivity index (χ1) is 20.2. The minimum atomic E-state index is -0.0509. The Kier molecular flexibility index (Phi) is 10.6. The van der Waals surface area contributed by atoms with Crippen LogP contribution in [-0.2, 0) is 4.74 Å². The topological polar surface area (TPSA) is 104 Å². The Morgan fingerprint density at radius 2 is 1.76 bits per heavy atom. The van der Waals surface area contributed by atoms with Crippen LogP contribution in [0.4, 0.5) is 16.2 Å². The van der Waals surface area contributed by atoms with Gasteiger partial charge in [0.05, 0.1) is 31.0 Å². The lowest BCUT2D eigenvalue weighted by Crippen LogP contribution is -2.40. The highest BCUT2D eigenvalue weighted by atomic mass is 16.5. The summed E-state index contributed by atoms with van der Waals surface area (Å²) in [4.78, 5) is 26.4. The number of carbonyl (C=O) groups is 1. The Labute approximate surface area is 242 Å². The van der Waals surface area contributed by atoms with E-state index in [2.05, 4.69) is 49.0 Å². The standard InChI is InChI=1S/C31H43N7O3/c1-32-12-2-13-33-14-3-19-41-27-8-9-28-29(22-27)34-23-35-30(28)24-10-15-38(16-11-24)31(39)36-25-4-6-26(7-5-25)37-17-20-40-21-18-37/h4-9,22-24,32-33H,2-3,10-21H2,1H3,(H,36,39). The number of fused-ring (bicyclic) bond motifs is 1. The van der Waals surface area contributed by atoms with Crippen molar-refractivity contribution in [3.63, 3.8) is 0 Å². The zero-order valence-electron chi connectivity index (χ0n) is 24.1. The summed E-state index contributed by atoms with van der Waals surface area (Å²) in [5, 5.41) is 10.7. The third-order valence-electron chi connectivity index (χ3n) is 7.85. The Bertz CT molecular complexity index is 1240. The van der Waals surface area contributed by atoms with Gasteiger partial charge in [-0.05, 0) is 88.8 Å². The van der Waals surface area contributed by atoms with Crippen LogP contribution in [0.2, 0.25) is 0 Å². The first-order valence-corrected chi connectivity index (χ1v) is 14.9. The first kappa shape index (κ1) is 29.0. The summed E-state index contributed by atoms with van der Waals surface area (Å²) in [6.07, 6.45) is 5.47. The molecule has 10 nitrogen and oxygen atoms in total. The fourth-order valence-corrected chi connectivity index (χ4v) is 5.51. The van der Waals surface area contributed by atoms with E-state index in [0.29, 0.717) is 19.7 Å². The van der Waals surface area contributed by atoms with Gasteiger partial charge in [0, 0.05) is 54.9 Å². The molecule has 0 saturated carbocycles. The smallest absolute Gasteiger partial charge is 0.321 e. The lowest BCUT2D eigenvalue weighted by Gasteiger charge is -2.32. The molecule has 3 aromatic rings. The van der Waals surface area contributed by atoms with Gasteiger partial charge >= 0.3 is 6.03 Å². The largest absolute Gasteiger partial charge is 0.493 e. The number of anilines is 2. The summed E-state index contributed by atoms with van der Waals surface area (Å²) in [6.45, 7) is 8.35. The molecule has 41 heavy (non-hydrogen) atoms. The number of morpholine rings is 1. The number of rotatable bonds is 12. The lowest BCUT2D eigenvalue weighted by molar-refractivity contribution is 0.122. The van der Waals surface area contributed by atoms with Crippen LogP contribution in [0.5, 0.6) is 5.75 Å². The van der Waals surface area contributed by atoms with Crippen molar-refractivity contribution in [3.05, 3.63) is 54.5 Å². The zero-order valence-corrected chi connectivity index (χ0v) is 24.1. The summed E-state index contributed by atoms with van der Waals surface area (Å²) in [7, 11) is 1.98. The van der Waals surface area contributed by atoms with Gasteiger partial charge in [0.15, 0.2) is 0 Å². The predicted octanol–water partition coefficient (Wildman–Crippen LogP) is 3.85. The Morgan fingerprint density at radius 3 is 2.54 bits per heavy atom. The number of amides is 2. The van der Waals surface area contributed by atoms with E-state index >= 15 is 0 Å². The number of hydrogen-bond donors (Lipinski definition) is 3. The molecule has 0 radical (unpaired) electrons. The van der Waals surface area contributed by atoms with E-state index in [0.717, 1.165) is 105 Å². The quantitative estimate of drug-likeness (QED) is 0.287. The molecule has 1 aromatic heterocycles. The van der Waals surface area contributed by atoms with Gasteiger partial charge in [0.25, 0.3) is 0 Å². The summed E-state index contributed by atoms with van der Waals surface area (Å²) >= 11 is 0. The number of benzene rings is 2. The third-order valence-corrected chi connectivity index (χ3v) is 7.85. The van der Waals surface area contributed by atoms with Gasteiger partial charge in [0.2, 0.25) is 0 Å². The molecule has 3 N–H and O–H groups in total. The normalized spacial score (nSPS) is 16.2. The molecular weight excluding hydrogens is 518 g/mol. The second-order valence-corrected chi connectivity index (χ2v) is 10.7. The second kappa shape index (κ2) is 15.0. The van der Waals surface area contributed by atoms with E-state index in [9.17, 15) is 4.79 Å². The number of nitrogens with one attached hydrogen (secondary N) is 3. The van der Waals surface area contributed by atoms with Crippen molar-refractivity contribution < 1.29 is 14.3 Å². The number of aromatic nitrogens is 2. The number of carbonyl (C=O) groups excluding carboxylic acids is 1. The van der Waals surface area contributed by atoms with Crippen molar-refractivity contribution in [2.75, 3.05) is 82.9 Å². The molecule has 2 aromatic carbocycles. The lowest BCUT2D eigenvalue weighted by atomic mass is 9.91. The van der Waals surface area contributed by atoms with E-state index in [1.807, 2.05) is 36.2 Å².